The normalized spacial score (nSPS) is 10.8. The molecule has 0 aliphatic rings. The van der Waals surface area contributed by atoms with Gasteiger partial charge in [-0.25, -0.2) is 0 Å². The molecule has 1 N–H and O–H groups in total. The Balaban J connectivity index is 3.27. The van der Waals surface area contributed by atoms with Crippen LogP contribution in [-0.2, 0) is 0 Å². The molecule has 0 atom stereocenters. The van der Waals surface area contributed by atoms with Gasteiger partial charge in [0, 0.05) is 31.4 Å². The predicted molar refractivity (Wildman–Crippen MR) is 83.7 cm³/mol. The van der Waals surface area contributed by atoms with Gasteiger partial charge in [-0.3, -0.25) is 14.9 Å². The van der Waals surface area contributed by atoms with E-state index in [1.54, 1.807) is 18.0 Å². The molecule has 6 nitrogen and oxygen atoms in total. The fourth-order valence-corrected chi connectivity index (χ4v) is 2.10. The molecule has 21 heavy (non-hydrogen) atoms. The second-order valence-electron chi connectivity index (χ2n) is 5.68. The number of nitrogens with zero attached hydrogens (tertiary/aromatic N) is 2. The van der Waals surface area contributed by atoms with Crippen molar-refractivity contribution in [2.45, 2.75) is 33.7 Å². The Hall–Kier alpha value is -2.11. The van der Waals surface area contributed by atoms with Crippen molar-refractivity contribution < 1.29 is 9.72 Å². The highest BCUT2D eigenvalue weighted by atomic mass is 16.6. The van der Waals surface area contributed by atoms with E-state index in [0.29, 0.717) is 18.2 Å². The van der Waals surface area contributed by atoms with Gasteiger partial charge in [0.15, 0.2) is 0 Å². The van der Waals surface area contributed by atoms with E-state index in [0.717, 1.165) is 0 Å². The Labute approximate surface area is 125 Å². The third-order valence-corrected chi connectivity index (χ3v) is 3.16. The van der Waals surface area contributed by atoms with Gasteiger partial charge >= 0.3 is 0 Å². The topological polar surface area (TPSA) is 75.5 Å². The minimum Gasteiger partial charge on any atom is -0.388 e. The monoisotopic (exact) mass is 293 g/mol. The molecule has 0 spiro atoms. The lowest BCUT2D eigenvalue weighted by Gasteiger charge is -2.28. The average Bonchev–Trinajstić information content (AvgIpc) is 2.42. The maximum atomic E-state index is 12.7. The van der Waals surface area contributed by atoms with Crippen LogP contribution in [0.15, 0.2) is 18.2 Å². The smallest absolute Gasteiger partial charge is 0.282 e. The van der Waals surface area contributed by atoms with Crippen molar-refractivity contribution in [2.75, 3.05) is 18.9 Å². The Morgan fingerprint density at radius 3 is 2.38 bits per heavy atom. The zero-order valence-corrected chi connectivity index (χ0v) is 13.2. The first kappa shape index (κ1) is 16.9. The summed E-state index contributed by atoms with van der Waals surface area (Å²) in [6.07, 6.45) is 0. The molecule has 0 saturated carbocycles. The first-order valence-corrected chi connectivity index (χ1v) is 7.05. The second kappa shape index (κ2) is 7.06. The van der Waals surface area contributed by atoms with Crippen LogP contribution in [0.2, 0.25) is 0 Å². The van der Waals surface area contributed by atoms with Gasteiger partial charge in [-0.2, -0.15) is 0 Å². The number of carbonyl (C=O) groups excluding carboxylic acids is 1. The number of carbonyl (C=O) groups is 1. The molecule has 1 aromatic carbocycles. The van der Waals surface area contributed by atoms with Gasteiger partial charge < -0.3 is 10.2 Å². The summed E-state index contributed by atoms with van der Waals surface area (Å²) in [5, 5.41) is 14.1. The minimum atomic E-state index is -0.513. The first-order chi connectivity index (χ1) is 9.77. The van der Waals surface area contributed by atoms with Gasteiger partial charge in [0.25, 0.3) is 11.6 Å². The van der Waals surface area contributed by atoms with Crippen LogP contribution >= 0.6 is 0 Å². The van der Waals surface area contributed by atoms with Gasteiger partial charge in [0.1, 0.15) is 5.56 Å². The van der Waals surface area contributed by atoms with Crippen molar-refractivity contribution in [3.05, 3.63) is 33.9 Å². The molecule has 1 rings (SSSR count). The molecular weight excluding hydrogens is 270 g/mol. The van der Waals surface area contributed by atoms with E-state index >= 15 is 0 Å². The second-order valence-corrected chi connectivity index (χ2v) is 5.68. The number of nitro groups is 1. The molecule has 6 heteroatoms. The van der Waals surface area contributed by atoms with Crippen molar-refractivity contribution in [3.8, 4) is 0 Å². The lowest BCUT2D eigenvalue weighted by atomic mass is 10.1. The Bertz CT molecular complexity index is 527. The zero-order chi connectivity index (χ0) is 16.2. The van der Waals surface area contributed by atoms with Gasteiger partial charge in [0.05, 0.1) is 4.92 Å². The van der Waals surface area contributed by atoms with Crippen molar-refractivity contribution >= 4 is 17.3 Å². The third-order valence-electron chi connectivity index (χ3n) is 3.16. The van der Waals surface area contributed by atoms with Crippen LogP contribution in [-0.4, -0.2) is 35.4 Å². The van der Waals surface area contributed by atoms with E-state index in [-0.39, 0.29) is 23.2 Å². The maximum Gasteiger partial charge on any atom is 0.282 e. The number of hydrogen-bond acceptors (Lipinski definition) is 4. The quantitative estimate of drug-likeness (QED) is 0.645. The minimum absolute atomic E-state index is 0.0160. The van der Waals surface area contributed by atoms with Gasteiger partial charge in [-0.15, -0.1) is 0 Å². The van der Waals surface area contributed by atoms with Crippen molar-refractivity contribution in [1.29, 1.82) is 0 Å². The van der Waals surface area contributed by atoms with E-state index < -0.39 is 4.92 Å². The summed E-state index contributed by atoms with van der Waals surface area (Å²) in [4.78, 5) is 25.0. The lowest BCUT2D eigenvalue weighted by Crippen LogP contribution is -2.39. The lowest BCUT2D eigenvalue weighted by molar-refractivity contribution is -0.385. The van der Waals surface area contributed by atoms with Crippen LogP contribution in [0.4, 0.5) is 11.4 Å². The van der Waals surface area contributed by atoms with Gasteiger partial charge in [-0.1, -0.05) is 13.8 Å². The summed E-state index contributed by atoms with van der Waals surface area (Å²) >= 11 is 0. The van der Waals surface area contributed by atoms with Crippen LogP contribution < -0.4 is 5.32 Å². The molecule has 0 fully saturated rings. The van der Waals surface area contributed by atoms with Crippen molar-refractivity contribution in [3.63, 3.8) is 0 Å². The molecule has 0 aromatic heterocycles. The Morgan fingerprint density at radius 1 is 1.33 bits per heavy atom. The summed E-state index contributed by atoms with van der Waals surface area (Å²) in [6, 6.07) is 4.48. The molecule has 0 saturated heterocycles. The summed E-state index contributed by atoms with van der Waals surface area (Å²) in [5.74, 6) is -0.00890. The molecule has 0 heterocycles. The molecular formula is C15H23N3O3. The van der Waals surface area contributed by atoms with Crippen LogP contribution in [0.1, 0.15) is 38.1 Å². The molecule has 0 aliphatic heterocycles. The number of nitro benzene ring substituents is 1. The zero-order valence-electron chi connectivity index (χ0n) is 13.2. The van der Waals surface area contributed by atoms with E-state index in [4.69, 9.17) is 0 Å². The fourth-order valence-electron chi connectivity index (χ4n) is 2.10. The van der Waals surface area contributed by atoms with Crippen molar-refractivity contribution in [1.82, 2.24) is 4.90 Å². The van der Waals surface area contributed by atoms with Crippen LogP contribution in [0.25, 0.3) is 0 Å². The van der Waals surface area contributed by atoms with Crippen molar-refractivity contribution in [2.24, 2.45) is 5.92 Å². The predicted octanol–water partition coefficient (Wildman–Crippen LogP) is 3.14. The number of amides is 1. The molecule has 1 aromatic rings. The summed E-state index contributed by atoms with van der Waals surface area (Å²) in [7, 11) is 1.71. The summed E-state index contributed by atoms with van der Waals surface area (Å²) in [6.45, 7) is 8.42. The van der Waals surface area contributed by atoms with Gasteiger partial charge in [0.2, 0.25) is 0 Å². The Kier molecular flexibility index (Phi) is 5.69. The van der Waals surface area contributed by atoms with Crippen LogP contribution in [0, 0.1) is 16.0 Å². The molecule has 116 valence electrons. The van der Waals surface area contributed by atoms with E-state index in [2.05, 4.69) is 5.32 Å². The SMILES string of the molecule is CNc1ccc([N+](=O)[O-])c(C(=O)N(CC(C)C)C(C)C)c1. The Morgan fingerprint density at radius 2 is 1.95 bits per heavy atom. The highest BCUT2D eigenvalue weighted by Gasteiger charge is 2.27. The third kappa shape index (κ3) is 4.18. The molecule has 0 aliphatic carbocycles. The highest BCUT2D eigenvalue weighted by molar-refractivity contribution is 5.99. The van der Waals surface area contributed by atoms with E-state index in [1.807, 2.05) is 27.7 Å². The fraction of sp³-hybridized carbons (Fsp3) is 0.533. The largest absolute Gasteiger partial charge is 0.388 e. The summed E-state index contributed by atoms with van der Waals surface area (Å²) in [5.41, 5.74) is 0.645. The number of rotatable bonds is 6. The molecule has 0 bridgehead atoms. The maximum absolute atomic E-state index is 12.7. The van der Waals surface area contributed by atoms with Crippen LogP contribution in [0.3, 0.4) is 0 Å². The van der Waals surface area contributed by atoms with E-state index in [9.17, 15) is 14.9 Å². The first-order valence-electron chi connectivity index (χ1n) is 7.05. The standard InChI is InChI=1S/C15H23N3O3/c1-10(2)9-17(11(3)4)15(19)13-8-12(16-5)6-7-14(13)18(20)21/h6-8,10-11,16H,9H2,1-5H3. The molecule has 1 amide bonds. The summed E-state index contributed by atoms with van der Waals surface area (Å²) < 4.78 is 0. The molecule has 0 unspecified atom stereocenters. The molecule has 0 radical (unpaired) electrons. The van der Waals surface area contributed by atoms with Gasteiger partial charge in [-0.05, 0) is 31.9 Å². The number of nitrogens with one attached hydrogen (secondary N) is 1. The number of benzene rings is 1. The highest BCUT2D eigenvalue weighted by Crippen LogP contribution is 2.25. The number of hydrogen-bond donors (Lipinski definition) is 1. The number of anilines is 1. The van der Waals surface area contributed by atoms with E-state index in [1.165, 1.54) is 12.1 Å². The average molecular weight is 293 g/mol. The van der Waals surface area contributed by atoms with Crippen LogP contribution in [0.5, 0.6) is 0 Å².